The molecule has 1 fully saturated rings. The molecule has 3 atom stereocenters. The zero-order valence-electron chi connectivity index (χ0n) is 23.0. The average Bonchev–Trinajstić information content (AvgIpc) is 3.49. The van der Waals surface area contributed by atoms with Gasteiger partial charge in [0.25, 0.3) is 11.8 Å². The Labute approximate surface area is 237 Å². The lowest BCUT2D eigenvalue weighted by atomic mass is 9.96. The number of carbonyl (C=O) groups is 3. The number of phenols is 1. The third-order valence-corrected chi connectivity index (χ3v) is 8.67. The Morgan fingerprint density at radius 2 is 1.82 bits per heavy atom. The number of carbonyl (C=O) groups excluding carboxylic acids is 3. The van der Waals surface area contributed by atoms with Crippen molar-refractivity contribution in [3.63, 3.8) is 0 Å². The molecule has 1 saturated heterocycles. The molecule has 0 saturated carbocycles. The number of rotatable bonds is 9. The molecule has 10 heteroatoms. The van der Waals surface area contributed by atoms with Gasteiger partial charge in [0.15, 0.2) is 6.10 Å². The monoisotopic (exact) mass is 565 g/mol. The molecular weight excluding hydrogens is 530 g/mol. The van der Waals surface area contributed by atoms with Crippen LogP contribution in [0.15, 0.2) is 65.3 Å². The Balaban J connectivity index is 1.56. The number of thioether (sulfide) groups is 1. The number of nitrogens with one attached hydrogen (secondary N) is 2. The highest BCUT2D eigenvalue weighted by atomic mass is 32.2. The number of aliphatic hydroxyl groups is 1. The quantitative estimate of drug-likeness (QED) is 0.313. The number of hydrogen-bond donors (Lipinski definition) is 4. The minimum atomic E-state index is -1.62. The van der Waals surface area contributed by atoms with E-state index in [0.29, 0.717) is 11.3 Å². The Morgan fingerprint density at radius 1 is 1.10 bits per heavy atom. The smallest absolute Gasteiger partial charge is 0.254 e. The van der Waals surface area contributed by atoms with Gasteiger partial charge in [-0.1, -0.05) is 36.4 Å². The van der Waals surface area contributed by atoms with Crippen LogP contribution >= 0.6 is 11.8 Å². The molecule has 9 nitrogen and oxygen atoms in total. The Hall–Kier alpha value is -3.76. The van der Waals surface area contributed by atoms with E-state index in [-0.39, 0.29) is 36.1 Å². The zero-order valence-corrected chi connectivity index (χ0v) is 23.8. The first-order valence-electron chi connectivity index (χ1n) is 13.1. The fourth-order valence-corrected chi connectivity index (χ4v) is 5.99. The lowest BCUT2D eigenvalue weighted by molar-refractivity contribution is -0.147. The molecule has 0 spiro atoms. The molecule has 0 radical (unpaired) electrons. The summed E-state index contributed by atoms with van der Waals surface area (Å²) in [7, 11) is 0. The Bertz CT molecular complexity index is 1370. The Kier molecular flexibility index (Phi) is 8.90. The van der Waals surface area contributed by atoms with Crippen LogP contribution in [0.4, 0.5) is 0 Å². The van der Waals surface area contributed by atoms with Crippen molar-refractivity contribution in [2.75, 3.05) is 5.88 Å². The van der Waals surface area contributed by atoms with Crippen molar-refractivity contribution in [1.29, 1.82) is 0 Å². The van der Waals surface area contributed by atoms with Crippen molar-refractivity contribution in [3.8, 4) is 5.75 Å². The van der Waals surface area contributed by atoms with Crippen LogP contribution in [-0.2, 0) is 22.6 Å². The van der Waals surface area contributed by atoms with Crippen molar-refractivity contribution in [2.45, 2.75) is 63.6 Å². The van der Waals surface area contributed by atoms with Crippen molar-refractivity contribution >= 4 is 29.5 Å². The van der Waals surface area contributed by atoms with E-state index in [2.05, 4.69) is 10.6 Å². The van der Waals surface area contributed by atoms with Gasteiger partial charge in [-0.2, -0.15) is 0 Å². The first-order valence-corrected chi connectivity index (χ1v) is 14.0. The minimum absolute atomic E-state index is 0.0281. The van der Waals surface area contributed by atoms with Crippen LogP contribution in [0.25, 0.3) is 0 Å². The largest absolute Gasteiger partial charge is 0.508 e. The lowest BCUT2D eigenvalue weighted by Gasteiger charge is -2.33. The highest BCUT2D eigenvalue weighted by Crippen LogP contribution is 2.40. The van der Waals surface area contributed by atoms with Gasteiger partial charge in [-0.3, -0.25) is 14.4 Å². The van der Waals surface area contributed by atoms with Gasteiger partial charge in [0, 0.05) is 28.0 Å². The predicted molar refractivity (Wildman–Crippen MR) is 153 cm³/mol. The molecule has 212 valence electrons. The average molecular weight is 566 g/mol. The molecule has 4 rings (SSSR count). The van der Waals surface area contributed by atoms with Crippen LogP contribution in [0.1, 0.15) is 46.7 Å². The molecule has 0 bridgehead atoms. The van der Waals surface area contributed by atoms with E-state index in [1.807, 2.05) is 51.1 Å². The lowest BCUT2D eigenvalue weighted by Crippen LogP contribution is -2.58. The van der Waals surface area contributed by atoms with Gasteiger partial charge in [-0.05, 0) is 57.9 Å². The second-order valence-electron chi connectivity index (χ2n) is 10.5. The third-order valence-electron chi connectivity index (χ3n) is 7.30. The number of aryl methyl sites for hydroxylation is 1. The van der Waals surface area contributed by atoms with Gasteiger partial charge in [-0.15, -0.1) is 11.8 Å². The summed E-state index contributed by atoms with van der Waals surface area (Å²) in [6.45, 7) is 7.45. The van der Waals surface area contributed by atoms with Gasteiger partial charge < -0.3 is 30.2 Å². The summed E-state index contributed by atoms with van der Waals surface area (Å²) in [5.41, 5.74) is 2.28. The number of aromatic hydroxyl groups is 1. The molecule has 4 N–H and O–H groups in total. The molecule has 3 amide bonds. The number of nitrogens with zero attached hydrogens (tertiary/aromatic N) is 1. The van der Waals surface area contributed by atoms with Crippen LogP contribution in [-0.4, -0.2) is 61.6 Å². The van der Waals surface area contributed by atoms with Gasteiger partial charge in [0.2, 0.25) is 5.91 Å². The predicted octanol–water partition coefficient (Wildman–Crippen LogP) is 3.30. The molecule has 1 aliphatic heterocycles. The summed E-state index contributed by atoms with van der Waals surface area (Å²) in [5, 5.41) is 27.2. The first-order chi connectivity index (χ1) is 19.0. The third kappa shape index (κ3) is 6.34. The maximum atomic E-state index is 13.8. The number of aliphatic hydroxyl groups excluding tert-OH is 1. The van der Waals surface area contributed by atoms with E-state index in [0.717, 1.165) is 11.1 Å². The Morgan fingerprint density at radius 3 is 2.50 bits per heavy atom. The highest BCUT2D eigenvalue weighted by molar-refractivity contribution is 8.00. The number of phenolic OH excluding ortho intramolecular Hbond substituents is 1. The van der Waals surface area contributed by atoms with E-state index in [9.17, 15) is 24.6 Å². The first kappa shape index (κ1) is 29.2. The molecule has 1 aromatic heterocycles. The topological polar surface area (TPSA) is 132 Å². The maximum absolute atomic E-state index is 13.8. The van der Waals surface area contributed by atoms with Crippen LogP contribution in [0, 0.1) is 13.8 Å². The van der Waals surface area contributed by atoms with Crippen molar-refractivity contribution in [2.24, 2.45) is 0 Å². The van der Waals surface area contributed by atoms with Gasteiger partial charge >= 0.3 is 0 Å². The van der Waals surface area contributed by atoms with Crippen LogP contribution in [0.3, 0.4) is 0 Å². The summed E-state index contributed by atoms with van der Waals surface area (Å²) < 4.78 is 4.70. The summed E-state index contributed by atoms with van der Waals surface area (Å²) in [6, 6.07) is 13.8. The van der Waals surface area contributed by atoms with Crippen molar-refractivity contribution in [1.82, 2.24) is 15.5 Å². The molecule has 3 aromatic rings. The fraction of sp³-hybridized carbons (Fsp3) is 0.367. The van der Waals surface area contributed by atoms with Gasteiger partial charge in [0.05, 0.1) is 18.2 Å². The fourth-order valence-electron chi connectivity index (χ4n) is 4.85. The standard InChI is InChI=1S/C30H35N3O6S/c1-18-22(11-8-12-24(18)34)27(36)32-23(15-20-9-6-5-7-10-20)25(35)29(38)33-17-40-30(3,4)26(33)28(37)31-16-21-13-14-39-19(21)2/h5-14,23,25-26,34-35H,15-17H2,1-4H3,(H,31,37)(H,32,36)/t23-,25-,26+/m0/s1. The summed E-state index contributed by atoms with van der Waals surface area (Å²) in [4.78, 5) is 41.8. The molecule has 0 unspecified atom stereocenters. The zero-order chi connectivity index (χ0) is 29.0. The molecule has 40 heavy (non-hydrogen) atoms. The molecule has 1 aliphatic rings. The normalized spacial score (nSPS) is 17.7. The van der Waals surface area contributed by atoms with Crippen molar-refractivity contribution in [3.05, 3.63) is 88.9 Å². The highest BCUT2D eigenvalue weighted by Gasteiger charge is 2.49. The van der Waals surface area contributed by atoms with Crippen LogP contribution in [0.2, 0.25) is 0 Å². The number of amides is 3. The van der Waals surface area contributed by atoms with Gasteiger partial charge in [0.1, 0.15) is 17.6 Å². The van der Waals surface area contributed by atoms with Crippen molar-refractivity contribution < 1.29 is 29.0 Å². The minimum Gasteiger partial charge on any atom is -0.508 e. The van der Waals surface area contributed by atoms with E-state index in [1.54, 1.807) is 31.4 Å². The van der Waals surface area contributed by atoms with E-state index in [4.69, 9.17) is 4.42 Å². The molecule has 0 aliphatic carbocycles. The second kappa shape index (κ2) is 12.2. The summed E-state index contributed by atoms with van der Waals surface area (Å²) >= 11 is 1.45. The van der Waals surface area contributed by atoms with E-state index in [1.165, 1.54) is 22.7 Å². The summed E-state index contributed by atoms with van der Waals surface area (Å²) in [5.74, 6) is -0.627. The maximum Gasteiger partial charge on any atom is 0.254 e. The number of hydrogen-bond acceptors (Lipinski definition) is 7. The van der Waals surface area contributed by atoms with E-state index >= 15 is 0 Å². The SMILES string of the molecule is Cc1occc1CNC(=O)[C@H]1N(C(=O)[C@@H](O)[C@H](Cc2ccccc2)NC(=O)c2cccc(O)c2C)CSC1(C)C. The molecule has 2 aromatic carbocycles. The van der Waals surface area contributed by atoms with E-state index < -0.39 is 34.7 Å². The molecule has 2 heterocycles. The van der Waals surface area contributed by atoms with Crippen LogP contribution < -0.4 is 10.6 Å². The summed E-state index contributed by atoms with van der Waals surface area (Å²) in [6.07, 6.45) is 0.110. The van der Waals surface area contributed by atoms with Crippen LogP contribution in [0.5, 0.6) is 5.75 Å². The van der Waals surface area contributed by atoms with Gasteiger partial charge in [-0.25, -0.2) is 0 Å². The molecular formula is C30H35N3O6S. The number of benzene rings is 2. The number of furan rings is 1. The second-order valence-corrected chi connectivity index (χ2v) is 12.1.